The van der Waals surface area contributed by atoms with Gasteiger partial charge in [-0.3, -0.25) is 4.90 Å². The number of hydrogen-bond acceptors (Lipinski definition) is 2. The summed E-state index contributed by atoms with van der Waals surface area (Å²) in [6.07, 6.45) is 3.84. The normalized spacial score (nSPS) is 20.8. The molecule has 0 aliphatic carbocycles. The molecule has 1 aliphatic heterocycles. The molecule has 1 N–H and O–H groups in total. The molecule has 3 nitrogen and oxygen atoms in total. The molecule has 3 heteroatoms. The van der Waals surface area contributed by atoms with Crippen molar-refractivity contribution in [2.75, 3.05) is 13.1 Å². The predicted octanol–water partition coefficient (Wildman–Crippen LogP) is 3.01. The summed E-state index contributed by atoms with van der Waals surface area (Å²) in [6, 6.07) is 7.29. The summed E-state index contributed by atoms with van der Waals surface area (Å²) in [7, 11) is 0. The van der Waals surface area contributed by atoms with Gasteiger partial charge < -0.3 is 5.11 Å². The van der Waals surface area contributed by atoms with Crippen molar-refractivity contribution in [2.45, 2.75) is 32.7 Å². The van der Waals surface area contributed by atoms with Crippen LogP contribution < -0.4 is 0 Å². The summed E-state index contributed by atoms with van der Waals surface area (Å²) >= 11 is 0. The summed E-state index contributed by atoms with van der Waals surface area (Å²) in [5.41, 5.74) is 1.49. The van der Waals surface area contributed by atoms with Crippen LogP contribution in [0, 0.1) is 5.92 Å². The van der Waals surface area contributed by atoms with Crippen LogP contribution in [-0.4, -0.2) is 29.1 Å². The van der Waals surface area contributed by atoms with E-state index < -0.39 is 5.97 Å². The number of carbonyl (C=O) groups is 1. The van der Waals surface area contributed by atoms with Gasteiger partial charge >= 0.3 is 5.97 Å². The van der Waals surface area contributed by atoms with Gasteiger partial charge in [0.05, 0.1) is 5.56 Å². The Morgan fingerprint density at radius 3 is 3.06 bits per heavy atom. The fourth-order valence-electron chi connectivity index (χ4n) is 2.69. The van der Waals surface area contributed by atoms with Crippen LogP contribution in [0.2, 0.25) is 0 Å². The van der Waals surface area contributed by atoms with Gasteiger partial charge in [-0.25, -0.2) is 4.79 Å². The largest absolute Gasteiger partial charge is 0.478 e. The van der Waals surface area contributed by atoms with Crippen molar-refractivity contribution >= 4 is 5.97 Å². The third kappa shape index (κ3) is 3.33. The molecule has 0 bridgehead atoms. The first-order chi connectivity index (χ1) is 8.69. The average molecular weight is 247 g/mol. The summed E-state index contributed by atoms with van der Waals surface area (Å²) in [5.74, 6) is -0.0386. The van der Waals surface area contributed by atoms with Crippen molar-refractivity contribution in [3.63, 3.8) is 0 Å². The van der Waals surface area contributed by atoms with E-state index in [-0.39, 0.29) is 0 Å². The molecule has 0 spiro atoms. The van der Waals surface area contributed by atoms with Crippen molar-refractivity contribution in [1.29, 1.82) is 0 Å². The Bertz CT molecular complexity index is 417. The summed E-state index contributed by atoms with van der Waals surface area (Å²) < 4.78 is 0. The van der Waals surface area contributed by atoms with E-state index >= 15 is 0 Å². The molecule has 1 unspecified atom stereocenters. The molecule has 0 saturated carbocycles. The Hall–Kier alpha value is -1.35. The van der Waals surface area contributed by atoms with Crippen molar-refractivity contribution in [2.24, 2.45) is 5.92 Å². The van der Waals surface area contributed by atoms with E-state index in [4.69, 9.17) is 5.11 Å². The molecular formula is C15H21NO2. The number of carboxylic acid groups (broad SMARTS) is 1. The minimum absolute atomic E-state index is 0.386. The fraction of sp³-hybridized carbons (Fsp3) is 0.533. The molecule has 1 aromatic carbocycles. The van der Waals surface area contributed by atoms with E-state index in [0.29, 0.717) is 5.56 Å². The lowest BCUT2D eigenvalue weighted by Gasteiger charge is -2.32. The summed E-state index contributed by atoms with van der Waals surface area (Å²) in [6.45, 7) is 5.40. The second-order valence-corrected chi connectivity index (χ2v) is 5.16. The van der Waals surface area contributed by atoms with Crippen LogP contribution in [0.25, 0.3) is 0 Å². The van der Waals surface area contributed by atoms with Crippen LogP contribution in [0.5, 0.6) is 0 Å². The number of hydrogen-bond donors (Lipinski definition) is 1. The van der Waals surface area contributed by atoms with Gasteiger partial charge in [0.2, 0.25) is 0 Å². The Morgan fingerprint density at radius 1 is 1.50 bits per heavy atom. The summed E-state index contributed by atoms with van der Waals surface area (Å²) in [5, 5.41) is 8.98. The molecule has 0 amide bonds. The molecule has 2 rings (SSSR count). The Balaban J connectivity index is 2.00. The van der Waals surface area contributed by atoms with Gasteiger partial charge in [-0.15, -0.1) is 0 Å². The average Bonchev–Trinajstić information content (AvgIpc) is 2.39. The highest BCUT2D eigenvalue weighted by molar-refractivity contribution is 5.87. The highest BCUT2D eigenvalue weighted by Crippen LogP contribution is 2.21. The molecule has 1 fully saturated rings. The van der Waals surface area contributed by atoms with E-state index in [1.54, 1.807) is 12.1 Å². The molecule has 1 heterocycles. The Morgan fingerprint density at radius 2 is 2.33 bits per heavy atom. The van der Waals surface area contributed by atoms with Crippen LogP contribution >= 0.6 is 0 Å². The van der Waals surface area contributed by atoms with Gasteiger partial charge in [0.1, 0.15) is 0 Å². The number of rotatable bonds is 4. The molecular weight excluding hydrogens is 226 g/mol. The molecule has 1 atom stereocenters. The van der Waals surface area contributed by atoms with Crippen LogP contribution in [0.1, 0.15) is 42.1 Å². The Labute approximate surface area is 108 Å². The first-order valence-electron chi connectivity index (χ1n) is 6.73. The van der Waals surface area contributed by atoms with Crippen molar-refractivity contribution in [1.82, 2.24) is 4.90 Å². The van der Waals surface area contributed by atoms with E-state index in [1.807, 2.05) is 12.1 Å². The van der Waals surface area contributed by atoms with E-state index in [0.717, 1.165) is 31.1 Å². The van der Waals surface area contributed by atoms with Crippen LogP contribution in [0.15, 0.2) is 24.3 Å². The van der Waals surface area contributed by atoms with Gasteiger partial charge in [0.15, 0.2) is 0 Å². The van der Waals surface area contributed by atoms with Crippen LogP contribution in [0.4, 0.5) is 0 Å². The molecule has 1 aliphatic rings. The SMILES string of the molecule is CCC1CCCN(Cc2cccc(C(=O)O)c2)C1. The molecule has 1 saturated heterocycles. The zero-order valence-electron chi connectivity index (χ0n) is 10.9. The number of nitrogens with zero attached hydrogens (tertiary/aromatic N) is 1. The number of aromatic carboxylic acids is 1. The Kier molecular flexibility index (Phi) is 4.37. The predicted molar refractivity (Wildman–Crippen MR) is 71.7 cm³/mol. The molecule has 1 aromatic rings. The second-order valence-electron chi connectivity index (χ2n) is 5.16. The maximum absolute atomic E-state index is 10.9. The second kappa shape index (κ2) is 6.01. The maximum atomic E-state index is 10.9. The number of benzene rings is 1. The maximum Gasteiger partial charge on any atom is 0.335 e. The van der Waals surface area contributed by atoms with Gasteiger partial charge in [0.25, 0.3) is 0 Å². The van der Waals surface area contributed by atoms with E-state index in [1.165, 1.54) is 19.3 Å². The highest BCUT2D eigenvalue weighted by atomic mass is 16.4. The molecule has 18 heavy (non-hydrogen) atoms. The van der Waals surface area contributed by atoms with Gasteiger partial charge in [0, 0.05) is 13.1 Å². The van der Waals surface area contributed by atoms with Gasteiger partial charge in [-0.1, -0.05) is 25.5 Å². The summed E-state index contributed by atoms with van der Waals surface area (Å²) in [4.78, 5) is 13.4. The lowest BCUT2D eigenvalue weighted by molar-refractivity contribution is 0.0696. The fourth-order valence-corrected chi connectivity index (χ4v) is 2.69. The zero-order valence-corrected chi connectivity index (χ0v) is 10.9. The quantitative estimate of drug-likeness (QED) is 0.889. The lowest BCUT2D eigenvalue weighted by Crippen LogP contribution is -2.34. The highest BCUT2D eigenvalue weighted by Gasteiger charge is 2.18. The molecule has 0 aromatic heterocycles. The smallest absolute Gasteiger partial charge is 0.335 e. The number of piperidine rings is 1. The third-order valence-corrected chi connectivity index (χ3v) is 3.76. The zero-order chi connectivity index (χ0) is 13.0. The van der Waals surface area contributed by atoms with Crippen LogP contribution in [-0.2, 0) is 6.54 Å². The monoisotopic (exact) mass is 247 g/mol. The van der Waals surface area contributed by atoms with E-state index in [2.05, 4.69) is 11.8 Å². The standard InChI is InChI=1S/C15H21NO2/c1-2-12-6-4-8-16(10-12)11-13-5-3-7-14(9-13)15(17)18/h3,5,7,9,12H,2,4,6,8,10-11H2,1H3,(H,17,18). The first-order valence-corrected chi connectivity index (χ1v) is 6.73. The third-order valence-electron chi connectivity index (χ3n) is 3.76. The first kappa shape index (κ1) is 13.1. The van der Waals surface area contributed by atoms with Gasteiger partial charge in [-0.05, 0) is 43.0 Å². The topological polar surface area (TPSA) is 40.5 Å². The molecule has 0 radical (unpaired) electrons. The van der Waals surface area contributed by atoms with Crippen molar-refractivity contribution < 1.29 is 9.90 Å². The number of carboxylic acids is 1. The lowest BCUT2D eigenvalue weighted by atomic mass is 9.95. The van der Waals surface area contributed by atoms with Crippen molar-refractivity contribution in [3.05, 3.63) is 35.4 Å². The molecule has 98 valence electrons. The van der Waals surface area contributed by atoms with Crippen LogP contribution in [0.3, 0.4) is 0 Å². The van der Waals surface area contributed by atoms with Crippen molar-refractivity contribution in [3.8, 4) is 0 Å². The minimum atomic E-state index is -0.845. The van der Waals surface area contributed by atoms with E-state index in [9.17, 15) is 4.79 Å². The minimum Gasteiger partial charge on any atom is -0.478 e. The van der Waals surface area contributed by atoms with Gasteiger partial charge in [-0.2, -0.15) is 0 Å². The number of likely N-dealkylation sites (tertiary alicyclic amines) is 1.